The number of methoxy groups -OCH3 is 1. The van der Waals surface area contributed by atoms with Crippen molar-refractivity contribution in [2.45, 2.75) is 25.8 Å². The number of amides is 1. The van der Waals surface area contributed by atoms with E-state index < -0.39 is 5.82 Å². The Bertz CT molecular complexity index is 1100. The first kappa shape index (κ1) is 24.0. The molecular weight excluding hydrogens is 421 g/mol. The maximum Gasteiger partial charge on any atom is 0.216 e. The molecule has 1 fully saturated rings. The molecule has 3 rings (SSSR count). The summed E-state index contributed by atoms with van der Waals surface area (Å²) < 4.78 is 19.8. The number of ether oxygens (including phenoxy) is 1. The van der Waals surface area contributed by atoms with Crippen molar-refractivity contribution in [1.82, 2.24) is 9.80 Å². The fourth-order valence-electron chi connectivity index (χ4n) is 3.71. The van der Waals surface area contributed by atoms with Gasteiger partial charge >= 0.3 is 0 Å². The summed E-state index contributed by atoms with van der Waals surface area (Å²) in [5.41, 5.74) is 8.67. The van der Waals surface area contributed by atoms with Crippen LogP contribution < -0.4 is 10.5 Å². The number of rotatable bonds is 5. The minimum absolute atomic E-state index is 0.0422. The molecule has 0 unspecified atom stereocenters. The number of benzene rings is 2. The van der Waals surface area contributed by atoms with Crippen molar-refractivity contribution in [3.63, 3.8) is 0 Å². The van der Waals surface area contributed by atoms with E-state index in [0.717, 1.165) is 24.0 Å². The van der Waals surface area contributed by atoms with Gasteiger partial charge in [-0.3, -0.25) is 9.69 Å². The summed E-state index contributed by atoms with van der Waals surface area (Å²) in [5.74, 6) is 0.552. The molecule has 1 heterocycles. The van der Waals surface area contributed by atoms with Gasteiger partial charge in [0, 0.05) is 31.7 Å². The highest BCUT2D eigenvalue weighted by molar-refractivity contribution is 5.98. The Morgan fingerprint density at radius 1 is 1.24 bits per heavy atom. The molecule has 1 amide bonds. The van der Waals surface area contributed by atoms with Gasteiger partial charge in [0.25, 0.3) is 0 Å². The molecule has 172 valence electrons. The van der Waals surface area contributed by atoms with E-state index in [1.54, 1.807) is 20.2 Å². The Morgan fingerprint density at radius 2 is 1.88 bits per heavy atom. The van der Waals surface area contributed by atoms with Gasteiger partial charge in [-0.2, -0.15) is 5.26 Å². The summed E-state index contributed by atoms with van der Waals surface area (Å²) in [5, 5.41) is 9.12. The van der Waals surface area contributed by atoms with E-state index in [9.17, 15) is 9.18 Å². The molecule has 0 bridgehead atoms. The van der Waals surface area contributed by atoms with Crippen molar-refractivity contribution < 1.29 is 13.9 Å². The van der Waals surface area contributed by atoms with E-state index in [2.05, 4.69) is 0 Å². The number of guanidine groups is 1. The fourth-order valence-corrected chi connectivity index (χ4v) is 3.71. The summed E-state index contributed by atoms with van der Waals surface area (Å²) in [7, 11) is 3.24. The van der Waals surface area contributed by atoms with Crippen molar-refractivity contribution in [2.75, 3.05) is 27.2 Å². The number of nitrogens with two attached hydrogens (primary N) is 1. The highest BCUT2D eigenvalue weighted by Gasteiger charge is 2.23. The number of likely N-dealkylation sites (tertiary alicyclic amines) is 1. The van der Waals surface area contributed by atoms with Gasteiger partial charge in [-0.15, -0.1) is 0 Å². The number of carbonyl (C=O) groups excluding carboxylic acids is 1. The summed E-state index contributed by atoms with van der Waals surface area (Å²) in [6.45, 7) is 3.21. The minimum Gasteiger partial charge on any atom is -0.497 e. The average Bonchev–Trinajstić information content (AvgIpc) is 2.84. The van der Waals surface area contributed by atoms with E-state index >= 15 is 0 Å². The molecule has 0 atom stereocenters. The van der Waals surface area contributed by atoms with Crippen LogP contribution in [-0.2, 0) is 4.79 Å². The Hall–Kier alpha value is -3.70. The predicted molar refractivity (Wildman–Crippen MR) is 127 cm³/mol. The number of aliphatic imine (C=N–C) groups is 1. The Balaban J connectivity index is 2.18. The lowest BCUT2D eigenvalue weighted by molar-refractivity contribution is -0.114. The van der Waals surface area contributed by atoms with E-state index in [0.29, 0.717) is 42.5 Å². The quantitative estimate of drug-likeness (QED) is 0.326. The predicted octanol–water partition coefficient (Wildman–Crippen LogP) is 3.46. The van der Waals surface area contributed by atoms with Crippen LogP contribution in [0.5, 0.6) is 5.75 Å². The van der Waals surface area contributed by atoms with Crippen LogP contribution >= 0.6 is 0 Å². The number of piperidine rings is 1. The monoisotopic (exact) mass is 449 g/mol. The molecule has 0 radical (unpaired) electrons. The maximum atomic E-state index is 14.5. The number of nitriles is 1. The number of nitrogens with zero attached hydrogens (tertiary/aromatic N) is 4. The van der Waals surface area contributed by atoms with Crippen molar-refractivity contribution in [3.05, 3.63) is 65.0 Å². The molecule has 0 spiro atoms. The highest BCUT2D eigenvalue weighted by Crippen LogP contribution is 2.30. The van der Waals surface area contributed by atoms with Crippen LogP contribution in [0.4, 0.5) is 4.39 Å². The molecule has 7 nitrogen and oxygen atoms in total. The van der Waals surface area contributed by atoms with Gasteiger partial charge in [0.15, 0.2) is 0 Å². The van der Waals surface area contributed by atoms with Crippen LogP contribution in [0.25, 0.3) is 11.3 Å². The highest BCUT2D eigenvalue weighted by atomic mass is 19.1. The van der Waals surface area contributed by atoms with Crippen molar-refractivity contribution in [3.8, 4) is 11.8 Å². The molecule has 0 saturated carbocycles. The molecule has 8 heteroatoms. The van der Waals surface area contributed by atoms with Crippen molar-refractivity contribution in [2.24, 2.45) is 10.7 Å². The summed E-state index contributed by atoms with van der Waals surface area (Å²) in [6.07, 6.45) is 2.27. The second-order valence-electron chi connectivity index (χ2n) is 7.96. The van der Waals surface area contributed by atoms with Gasteiger partial charge in [0.1, 0.15) is 17.6 Å². The zero-order valence-electron chi connectivity index (χ0n) is 19.1. The number of hydrogen-bond acceptors (Lipinski definition) is 5. The molecule has 1 aliphatic rings. The second kappa shape index (κ2) is 10.7. The van der Waals surface area contributed by atoms with Crippen LogP contribution in [0.15, 0.2) is 47.5 Å². The largest absolute Gasteiger partial charge is 0.497 e. The zero-order chi connectivity index (χ0) is 24.0. The van der Waals surface area contributed by atoms with E-state index in [-0.39, 0.29) is 11.6 Å². The fraction of sp³-hybridized carbons (Fsp3) is 0.320. The Kier molecular flexibility index (Phi) is 7.80. The normalized spacial score (nSPS) is 15.5. The average molecular weight is 450 g/mol. The van der Waals surface area contributed by atoms with Crippen LogP contribution in [0.3, 0.4) is 0 Å². The molecule has 2 N–H and O–H groups in total. The van der Waals surface area contributed by atoms with Gasteiger partial charge < -0.3 is 15.4 Å². The maximum absolute atomic E-state index is 14.5. The standard InChI is InChI=1S/C25H28FN5O2/c1-17(18-6-8-22(33-3)9-7-18)24(19-4-5-20(15-27)23(26)14-19)29-25(30(2)16-32)31-12-10-21(28)11-13-31/h4-9,14,16,21H,10-13,28H2,1-3H3/b24-17+,29-25+. The smallest absolute Gasteiger partial charge is 0.216 e. The number of hydrogen-bond donors (Lipinski definition) is 1. The minimum atomic E-state index is -0.625. The van der Waals surface area contributed by atoms with Gasteiger partial charge in [0.05, 0.1) is 18.4 Å². The third-order valence-electron chi connectivity index (χ3n) is 5.75. The second-order valence-corrected chi connectivity index (χ2v) is 7.96. The van der Waals surface area contributed by atoms with E-state index in [4.69, 9.17) is 20.7 Å². The van der Waals surface area contributed by atoms with Gasteiger partial charge in [-0.25, -0.2) is 9.38 Å². The zero-order valence-corrected chi connectivity index (χ0v) is 19.1. The Labute approximate surface area is 193 Å². The third-order valence-corrected chi connectivity index (χ3v) is 5.75. The van der Waals surface area contributed by atoms with Crippen molar-refractivity contribution >= 4 is 23.6 Å². The third kappa shape index (κ3) is 5.57. The first-order valence-corrected chi connectivity index (χ1v) is 10.7. The van der Waals surface area contributed by atoms with Crippen LogP contribution in [0.2, 0.25) is 0 Å². The summed E-state index contributed by atoms with van der Waals surface area (Å²) in [6, 6.07) is 13.8. The van der Waals surface area contributed by atoms with Crippen LogP contribution in [0, 0.1) is 17.1 Å². The lowest BCUT2D eigenvalue weighted by Gasteiger charge is -2.34. The lowest BCUT2D eigenvalue weighted by atomic mass is 10.00. The first-order valence-electron chi connectivity index (χ1n) is 10.7. The van der Waals surface area contributed by atoms with E-state index in [1.165, 1.54) is 17.0 Å². The summed E-state index contributed by atoms with van der Waals surface area (Å²) >= 11 is 0. The molecule has 2 aromatic rings. The van der Waals surface area contributed by atoms with Gasteiger partial charge in [0.2, 0.25) is 12.4 Å². The van der Waals surface area contributed by atoms with Gasteiger partial charge in [-0.1, -0.05) is 18.2 Å². The summed E-state index contributed by atoms with van der Waals surface area (Å²) in [4.78, 5) is 20.0. The molecule has 1 aliphatic heterocycles. The molecular formula is C25H28FN5O2. The SMILES string of the molecule is COc1ccc(/C(C)=C(/N=C(\N(C)C=O)N2CCC(N)CC2)c2ccc(C#N)c(F)c2)cc1. The molecule has 0 aliphatic carbocycles. The molecule has 33 heavy (non-hydrogen) atoms. The molecule has 2 aromatic carbocycles. The lowest BCUT2D eigenvalue weighted by Crippen LogP contribution is -2.48. The molecule has 1 saturated heterocycles. The van der Waals surface area contributed by atoms with Crippen LogP contribution in [-0.4, -0.2) is 55.5 Å². The number of carbonyl (C=O) groups is 1. The first-order chi connectivity index (χ1) is 15.9. The Morgan fingerprint density at radius 3 is 2.42 bits per heavy atom. The number of halogens is 1. The van der Waals surface area contributed by atoms with Gasteiger partial charge in [-0.05, 0) is 55.2 Å². The van der Waals surface area contributed by atoms with Crippen molar-refractivity contribution in [1.29, 1.82) is 5.26 Å². The number of allylic oxidation sites excluding steroid dienone is 1. The van der Waals surface area contributed by atoms with Crippen LogP contribution in [0.1, 0.15) is 36.5 Å². The topological polar surface area (TPSA) is 94.9 Å². The van der Waals surface area contributed by atoms with E-state index in [1.807, 2.05) is 42.2 Å². The molecule has 0 aromatic heterocycles.